The van der Waals surface area contributed by atoms with Crippen molar-refractivity contribution in [3.8, 4) is 0 Å². The highest BCUT2D eigenvalue weighted by Gasteiger charge is 2.51. The minimum Gasteiger partial charge on any atom is -0.459 e. The molecule has 0 unspecified atom stereocenters. The maximum Gasteiger partial charge on any atom is 0.307 e. The Labute approximate surface area is 118 Å². The zero-order chi connectivity index (χ0) is 14.3. The molecular formula is C16H20N2O2. The molecule has 2 aliphatic rings. The van der Waals surface area contributed by atoms with Gasteiger partial charge in [-0.05, 0) is 42.7 Å². The van der Waals surface area contributed by atoms with Crippen molar-refractivity contribution in [3.63, 3.8) is 0 Å². The summed E-state index contributed by atoms with van der Waals surface area (Å²) in [6.07, 6.45) is 7.32. The lowest BCUT2D eigenvalue weighted by Crippen LogP contribution is -2.34. The van der Waals surface area contributed by atoms with Gasteiger partial charge in [0.2, 0.25) is 0 Å². The van der Waals surface area contributed by atoms with E-state index in [0.717, 1.165) is 5.71 Å². The molecule has 1 amide bonds. The molecule has 0 aromatic carbocycles. The maximum atomic E-state index is 11.8. The third-order valence-electron chi connectivity index (χ3n) is 4.83. The summed E-state index contributed by atoms with van der Waals surface area (Å²) >= 11 is 0. The van der Waals surface area contributed by atoms with Crippen LogP contribution >= 0.6 is 0 Å². The molecule has 1 aromatic rings. The van der Waals surface area contributed by atoms with Crippen molar-refractivity contribution in [2.75, 3.05) is 0 Å². The van der Waals surface area contributed by atoms with E-state index in [1.165, 1.54) is 12.7 Å². The number of amides is 1. The van der Waals surface area contributed by atoms with Crippen LogP contribution in [0.2, 0.25) is 0 Å². The number of allylic oxidation sites excluding steroid dienone is 2. The fourth-order valence-electron chi connectivity index (χ4n) is 3.83. The highest BCUT2D eigenvalue weighted by Crippen LogP contribution is 2.56. The van der Waals surface area contributed by atoms with Crippen molar-refractivity contribution >= 4 is 11.6 Å². The number of carbonyl (C=O) groups excluding carboxylic acids is 1. The average molecular weight is 272 g/mol. The molecule has 106 valence electrons. The van der Waals surface area contributed by atoms with Crippen LogP contribution in [-0.4, -0.2) is 11.6 Å². The fourth-order valence-corrected chi connectivity index (χ4v) is 3.83. The minimum atomic E-state index is -0.300. The van der Waals surface area contributed by atoms with Gasteiger partial charge in [-0.25, -0.2) is 5.43 Å². The molecule has 1 heterocycles. The molecule has 1 fully saturated rings. The smallest absolute Gasteiger partial charge is 0.307 e. The van der Waals surface area contributed by atoms with Crippen LogP contribution in [-0.2, 0) is 0 Å². The fraction of sp³-hybridized carbons (Fsp3) is 0.500. The van der Waals surface area contributed by atoms with Gasteiger partial charge < -0.3 is 4.42 Å². The van der Waals surface area contributed by atoms with Crippen molar-refractivity contribution in [2.24, 2.45) is 28.3 Å². The van der Waals surface area contributed by atoms with Gasteiger partial charge in [0.15, 0.2) is 5.76 Å². The van der Waals surface area contributed by atoms with Crippen molar-refractivity contribution in [2.45, 2.75) is 27.2 Å². The van der Waals surface area contributed by atoms with E-state index in [4.69, 9.17) is 4.42 Å². The summed E-state index contributed by atoms with van der Waals surface area (Å²) < 4.78 is 5.05. The number of nitrogens with one attached hydrogen (secondary N) is 1. The number of rotatable bonds is 3. The van der Waals surface area contributed by atoms with Crippen LogP contribution in [0.25, 0.3) is 0 Å². The summed E-state index contributed by atoms with van der Waals surface area (Å²) in [7, 11) is 0. The van der Waals surface area contributed by atoms with Gasteiger partial charge in [-0.2, -0.15) is 5.10 Å². The summed E-state index contributed by atoms with van der Waals surface area (Å²) in [6, 6.07) is 3.32. The van der Waals surface area contributed by atoms with Gasteiger partial charge in [0.25, 0.3) is 0 Å². The molecule has 1 aromatic heterocycles. The number of hydrogen-bond acceptors (Lipinski definition) is 3. The van der Waals surface area contributed by atoms with Crippen LogP contribution in [0.3, 0.4) is 0 Å². The van der Waals surface area contributed by atoms with E-state index >= 15 is 0 Å². The van der Waals surface area contributed by atoms with E-state index in [9.17, 15) is 4.79 Å². The number of hydrazone groups is 1. The Kier molecular flexibility index (Phi) is 3.04. The Morgan fingerprint density at radius 2 is 2.25 bits per heavy atom. The predicted molar refractivity (Wildman–Crippen MR) is 77.3 cm³/mol. The molecule has 0 radical (unpaired) electrons. The van der Waals surface area contributed by atoms with Gasteiger partial charge in [0.1, 0.15) is 0 Å². The molecule has 4 heteroatoms. The lowest BCUT2D eigenvalue weighted by atomic mass is 9.69. The normalized spacial score (nSPS) is 30.8. The van der Waals surface area contributed by atoms with Crippen LogP contribution in [0.5, 0.6) is 0 Å². The first kappa shape index (κ1) is 13.2. The van der Waals surface area contributed by atoms with Gasteiger partial charge in [-0.15, -0.1) is 0 Å². The van der Waals surface area contributed by atoms with Crippen molar-refractivity contribution < 1.29 is 9.21 Å². The first-order valence-corrected chi connectivity index (χ1v) is 7.06. The quantitative estimate of drug-likeness (QED) is 0.522. The lowest BCUT2D eigenvalue weighted by Gasteiger charge is -2.35. The Hall–Kier alpha value is -1.84. The van der Waals surface area contributed by atoms with Gasteiger partial charge in [0.05, 0.1) is 6.26 Å². The summed E-state index contributed by atoms with van der Waals surface area (Å²) in [4.78, 5) is 11.8. The number of nitrogens with zero attached hydrogens (tertiary/aromatic N) is 1. The lowest BCUT2D eigenvalue weighted by molar-refractivity contribution is 0.0926. The van der Waals surface area contributed by atoms with E-state index in [1.807, 2.05) is 6.92 Å². The summed E-state index contributed by atoms with van der Waals surface area (Å²) in [5.74, 6) is 1.57. The number of fused-ring (bicyclic) bond motifs is 2. The molecule has 20 heavy (non-hydrogen) atoms. The van der Waals surface area contributed by atoms with Gasteiger partial charge in [0, 0.05) is 11.6 Å². The summed E-state index contributed by atoms with van der Waals surface area (Å²) in [5, 5.41) is 4.30. The van der Waals surface area contributed by atoms with E-state index in [-0.39, 0.29) is 17.1 Å². The number of hydrogen-bond donors (Lipinski definition) is 1. The second kappa shape index (κ2) is 4.62. The Balaban J connectivity index is 1.73. The Morgan fingerprint density at radius 3 is 2.85 bits per heavy atom. The third-order valence-corrected chi connectivity index (χ3v) is 4.83. The monoisotopic (exact) mass is 272 g/mol. The standard InChI is InChI=1S/C16H20N2O2/c1-10(17-18-15(19)13-5-4-8-20-13)14-11-6-7-12(9-11)16(14,2)3/h4-8,11-12,14H,9H2,1-3H3,(H,18,19)/t11-,12-,14-/m0/s1. The van der Waals surface area contributed by atoms with E-state index < -0.39 is 0 Å². The first-order valence-electron chi connectivity index (χ1n) is 7.06. The van der Waals surface area contributed by atoms with Crippen LogP contribution in [0, 0.1) is 23.2 Å². The van der Waals surface area contributed by atoms with Crippen molar-refractivity contribution in [3.05, 3.63) is 36.3 Å². The van der Waals surface area contributed by atoms with Crippen LogP contribution < -0.4 is 5.43 Å². The molecular weight excluding hydrogens is 252 g/mol. The highest BCUT2D eigenvalue weighted by atomic mass is 16.3. The maximum absolute atomic E-state index is 11.8. The molecule has 1 saturated carbocycles. The second-order valence-electron chi connectivity index (χ2n) is 6.36. The summed E-state index contributed by atoms with van der Waals surface area (Å²) in [6.45, 7) is 6.59. The number of carbonyl (C=O) groups is 1. The predicted octanol–water partition coefficient (Wildman–Crippen LogP) is 3.23. The van der Waals surface area contributed by atoms with E-state index in [0.29, 0.717) is 17.8 Å². The molecule has 1 N–H and O–H groups in total. The second-order valence-corrected chi connectivity index (χ2v) is 6.36. The largest absolute Gasteiger partial charge is 0.459 e. The van der Waals surface area contributed by atoms with Crippen LogP contribution in [0.1, 0.15) is 37.7 Å². The zero-order valence-corrected chi connectivity index (χ0v) is 12.1. The SMILES string of the molecule is CC(=NNC(=O)c1ccco1)[C@H]1[C@H]2C=C[C@@H](C2)C1(C)C. The number of furan rings is 1. The molecule has 3 atom stereocenters. The minimum absolute atomic E-state index is 0.211. The molecule has 3 rings (SSSR count). The van der Waals surface area contributed by atoms with Gasteiger partial charge in [-0.1, -0.05) is 26.0 Å². The Morgan fingerprint density at radius 1 is 1.45 bits per heavy atom. The Bertz CT molecular complexity index is 569. The molecule has 2 bridgehead atoms. The topological polar surface area (TPSA) is 54.6 Å². The van der Waals surface area contributed by atoms with Crippen LogP contribution in [0.15, 0.2) is 40.1 Å². The van der Waals surface area contributed by atoms with Crippen LogP contribution in [0.4, 0.5) is 0 Å². The third kappa shape index (κ3) is 1.99. The zero-order valence-electron chi connectivity index (χ0n) is 12.1. The summed E-state index contributed by atoms with van der Waals surface area (Å²) in [5.41, 5.74) is 3.79. The van der Waals surface area contributed by atoms with E-state index in [2.05, 4.69) is 36.5 Å². The first-order chi connectivity index (χ1) is 9.50. The van der Waals surface area contributed by atoms with Gasteiger partial charge >= 0.3 is 5.91 Å². The highest BCUT2D eigenvalue weighted by molar-refractivity contribution is 5.93. The van der Waals surface area contributed by atoms with Crippen molar-refractivity contribution in [1.29, 1.82) is 0 Å². The molecule has 2 aliphatic carbocycles. The molecule has 4 nitrogen and oxygen atoms in total. The van der Waals surface area contributed by atoms with E-state index in [1.54, 1.807) is 12.1 Å². The van der Waals surface area contributed by atoms with Gasteiger partial charge in [-0.3, -0.25) is 4.79 Å². The molecule has 0 saturated heterocycles. The average Bonchev–Trinajstić information content (AvgIpc) is 3.09. The molecule has 0 aliphatic heterocycles. The molecule has 0 spiro atoms. The van der Waals surface area contributed by atoms with Crippen molar-refractivity contribution in [1.82, 2.24) is 5.43 Å².